The minimum atomic E-state index is -0.923. The standard InChI is InChI=1S/C25H35F2N3O4/c1-6-20-22-21(9-7-11-33-12-8-10-28-23(22)31)30(29-20)15-25(4,5)16-34-24(32)17(2)13-19(27)14-18(3)26/h13-14H,2,6-12,15-16H2,1,3-5H3,(H,28,31)/b18-14+,19-13+. The Hall–Kier alpha value is -2.81. The second-order valence-electron chi connectivity index (χ2n) is 9.13. The van der Waals surface area contributed by atoms with Gasteiger partial charge in [-0.2, -0.15) is 5.10 Å². The molecule has 188 valence electrons. The zero-order chi connectivity index (χ0) is 25.3. The number of ether oxygens (including phenoxy) is 2. The molecule has 1 N–H and O–H groups in total. The van der Waals surface area contributed by atoms with Gasteiger partial charge in [0, 0.05) is 37.8 Å². The number of aryl methyl sites for hydroxylation is 1. The van der Waals surface area contributed by atoms with Gasteiger partial charge >= 0.3 is 5.97 Å². The number of aromatic nitrogens is 2. The van der Waals surface area contributed by atoms with Gasteiger partial charge in [-0.25, -0.2) is 13.6 Å². The number of hydrogen-bond acceptors (Lipinski definition) is 5. The van der Waals surface area contributed by atoms with Crippen LogP contribution in [0, 0.1) is 5.41 Å². The predicted octanol–water partition coefficient (Wildman–Crippen LogP) is 4.38. The molecule has 0 spiro atoms. The summed E-state index contributed by atoms with van der Waals surface area (Å²) in [6.07, 6.45) is 4.25. The fraction of sp³-hybridized carbons (Fsp3) is 0.560. The molecule has 0 radical (unpaired) electrons. The first-order valence-corrected chi connectivity index (χ1v) is 11.6. The lowest BCUT2D eigenvalue weighted by Gasteiger charge is -2.25. The van der Waals surface area contributed by atoms with Crippen molar-refractivity contribution in [3.63, 3.8) is 0 Å². The Bertz CT molecular complexity index is 960. The maximum absolute atomic E-state index is 13.6. The van der Waals surface area contributed by atoms with Gasteiger partial charge in [0.15, 0.2) is 0 Å². The van der Waals surface area contributed by atoms with Crippen LogP contribution in [0.1, 0.15) is 62.3 Å². The third-order valence-electron chi connectivity index (χ3n) is 5.23. The largest absolute Gasteiger partial charge is 0.461 e. The van der Waals surface area contributed by atoms with Crippen molar-refractivity contribution in [2.75, 3.05) is 26.4 Å². The predicted molar refractivity (Wildman–Crippen MR) is 126 cm³/mol. The Morgan fingerprint density at radius 3 is 2.68 bits per heavy atom. The molecule has 0 saturated carbocycles. The summed E-state index contributed by atoms with van der Waals surface area (Å²) < 4.78 is 39.2. The van der Waals surface area contributed by atoms with E-state index in [-0.39, 0.29) is 18.1 Å². The topological polar surface area (TPSA) is 82.5 Å². The van der Waals surface area contributed by atoms with Crippen LogP contribution in [0.3, 0.4) is 0 Å². The summed E-state index contributed by atoms with van der Waals surface area (Å²) >= 11 is 0. The number of amides is 1. The molecule has 1 amide bonds. The second kappa shape index (κ2) is 12.6. The Morgan fingerprint density at radius 2 is 2.00 bits per heavy atom. The Morgan fingerprint density at radius 1 is 1.29 bits per heavy atom. The van der Waals surface area contributed by atoms with Gasteiger partial charge in [0.2, 0.25) is 0 Å². The van der Waals surface area contributed by atoms with Crippen LogP contribution in [0.4, 0.5) is 8.78 Å². The van der Waals surface area contributed by atoms with Gasteiger partial charge in [0.1, 0.15) is 5.83 Å². The first kappa shape index (κ1) is 27.4. The number of nitrogens with zero attached hydrogens (tertiary/aromatic N) is 2. The molecule has 34 heavy (non-hydrogen) atoms. The fourth-order valence-corrected chi connectivity index (χ4v) is 3.62. The highest BCUT2D eigenvalue weighted by atomic mass is 19.1. The van der Waals surface area contributed by atoms with Gasteiger partial charge in [-0.15, -0.1) is 0 Å². The molecule has 7 nitrogen and oxygen atoms in total. The lowest BCUT2D eigenvalue weighted by molar-refractivity contribution is -0.141. The number of fused-ring (bicyclic) bond motifs is 1. The molecule has 9 heteroatoms. The molecule has 0 saturated heterocycles. The van der Waals surface area contributed by atoms with Crippen LogP contribution in [0.15, 0.2) is 36.0 Å². The Labute approximate surface area is 199 Å². The summed E-state index contributed by atoms with van der Waals surface area (Å²) in [5.74, 6) is -2.57. The van der Waals surface area contributed by atoms with Crippen LogP contribution in [0.2, 0.25) is 0 Å². The maximum Gasteiger partial charge on any atom is 0.337 e. The van der Waals surface area contributed by atoms with Crippen molar-refractivity contribution in [2.24, 2.45) is 5.41 Å². The van der Waals surface area contributed by atoms with Crippen molar-refractivity contribution in [3.8, 4) is 0 Å². The van der Waals surface area contributed by atoms with Crippen LogP contribution < -0.4 is 5.32 Å². The van der Waals surface area contributed by atoms with E-state index >= 15 is 0 Å². The number of carbonyl (C=O) groups excluding carboxylic acids is 2. The van der Waals surface area contributed by atoms with Gasteiger partial charge in [-0.1, -0.05) is 27.4 Å². The highest BCUT2D eigenvalue weighted by molar-refractivity contribution is 5.96. The van der Waals surface area contributed by atoms with Crippen molar-refractivity contribution in [1.82, 2.24) is 15.1 Å². The van der Waals surface area contributed by atoms with Crippen LogP contribution in [-0.4, -0.2) is 48.0 Å². The van der Waals surface area contributed by atoms with Crippen molar-refractivity contribution >= 4 is 11.9 Å². The maximum atomic E-state index is 13.6. The van der Waals surface area contributed by atoms with Crippen molar-refractivity contribution in [1.29, 1.82) is 0 Å². The lowest BCUT2D eigenvalue weighted by Crippen LogP contribution is -2.29. The van der Waals surface area contributed by atoms with E-state index in [1.54, 1.807) is 0 Å². The van der Waals surface area contributed by atoms with Crippen molar-refractivity contribution in [2.45, 2.75) is 59.9 Å². The minimum Gasteiger partial charge on any atom is -0.461 e. The van der Waals surface area contributed by atoms with Crippen LogP contribution in [0.5, 0.6) is 0 Å². The van der Waals surface area contributed by atoms with Crippen LogP contribution >= 0.6 is 0 Å². The second-order valence-corrected chi connectivity index (χ2v) is 9.13. The van der Waals surface area contributed by atoms with E-state index in [1.165, 1.54) is 0 Å². The number of carbonyl (C=O) groups is 2. The van der Waals surface area contributed by atoms with Crippen molar-refractivity contribution in [3.05, 3.63) is 52.9 Å². The average molecular weight is 480 g/mol. The van der Waals surface area contributed by atoms with E-state index in [1.807, 2.05) is 25.5 Å². The molecular weight excluding hydrogens is 444 g/mol. The zero-order valence-corrected chi connectivity index (χ0v) is 20.5. The SMILES string of the molecule is C=C(/C=C(F)\C=C(/C)F)C(=O)OCC(C)(C)Cn1nc(CC)c2c1CCCOCCCNC2=O. The van der Waals surface area contributed by atoms with Crippen LogP contribution in [-0.2, 0) is 33.7 Å². The fourth-order valence-electron chi connectivity index (χ4n) is 3.62. The summed E-state index contributed by atoms with van der Waals surface area (Å²) in [7, 11) is 0. The Kier molecular flexibility index (Phi) is 10.2. The highest BCUT2D eigenvalue weighted by Crippen LogP contribution is 2.25. The molecule has 0 atom stereocenters. The van der Waals surface area contributed by atoms with Gasteiger partial charge in [-0.3, -0.25) is 9.48 Å². The molecular formula is C25H35F2N3O4. The summed E-state index contributed by atoms with van der Waals surface area (Å²) in [4.78, 5) is 25.1. The van der Waals surface area contributed by atoms with E-state index in [4.69, 9.17) is 14.6 Å². The quantitative estimate of drug-likeness (QED) is 0.340. The number of halogens is 2. The lowest BCUT2D eigenvalue weighted by atomic mass is 9.94. The summed E-state index contributed by atoms with van der Waals surface area (Å²) in [5.41, 5.74) is 1.41. The monoisotopic (exact) mass is 479 g/mol. The summed E-state index contributed by atoms with van der Waals surface area (Å²) in [6, 6.07) is 0. The molecule has 1 aliphatic rings. The average Bonchev–Trinajstić information content (AvgIpc) is 3.07. The highest BCUT2D eigenvalue weighted by Gasteiger charge is 2.28. The third-order valence-corrected chi connectivity index (χ3v) is 5.23. The van der Waals surface area contributed by atoms with Crippen LogP contribution in [0.25, 0.3) is 0 Å². The first-order chi connectivity index (χ1) is 16.0. The molecule has 0 aliphatic carbocycles. The zero-order valence-electron chi connectivity index (χ0n) is 20.5. The van der Waals surface area contributed by atoms with Gasteiger partial charge in [0.05, 0.1) is 35.0 Å². The summed E-state index contributed by atoms with van der Waals surface area (Å²) in [6.45, 7) is 12.5. The van der Waals surface area contributed by atoms with E-state index in [0.717, 1.165) is 37.2 Å². The molecule has 0 bridgehead atoms. The molecule has 1 aliphatic heterocycles. The van der Waals surface area contributed by atoms with E-state index in [2.05, 4.69) is 11.9 Å². The first-order valence-electron chi connectivity index (χ1n) is 11.6. The number of rotatable bonds is 8. The van der Waals surface area contributed by atoms with E-state index < -0.39 is 23.0 Å². The number of esters is 1. The third kappa shape index (κ3) is 8.20. The molecule has 0 fully saturated rings. The van der Waals surface area contributed by atoms with Crippen molar-refractivity contribution < 1.29 is 27.8 Å². The molecule has 2 rings (SSSR count). The van der Waals surface area contributed by atoms with Gasteiger partial charge in [-0.05, 0) is 38.7 Å². The Balaban J connectivity index is 2.16. The minimum absolute atomic E-state index is 0.0175. The summed E-state index contributed by atoms with van der Waals surface area (Å²) in [5, 5.41) is 7.65. The molecule has 1 aromatic rings. The van der Waals surface area contributed by atoms with E-state index in [0.29, 0.717) is 50.8 Å². The molecule has 0 aromatic carbocycles. The normalized spacial score (nSPS) is 16.4. The van der Waals surface area contributed by atoms with E-state index in [9.17, 15) is 18.4 Å². The molecule has 2 heterocycles. The van der Waals surface area contributed by atoms with Gasteiger partial charge < -0.3 is 14.8 Å². The van der Waals surface area contributed by atoms with Gasteiger partial charge in [0.25, 0.3) is 5.91 Å². The molecule has 1 aromatic heterocycles. The number of nitrogens with one attached hydrogen (secondary N) is 1. The number of allylic oxidation sites excluding steroid dienone is 3. The smallest absolute Gasteiger partial charge is 0.337 e. The number of hydrogen-bond donors (Lipinski definition) is 1. The molecule has 0 unspecified atom stereocenters.